The fraction of sp³-hybridized carbons (Fsp3) is 0.167. The molecule has 0 fully saturated rings. The number of rotatable bonds is 5. The molecule has 0 amide bonds. The van der Waals surface area contributed by atoms with E-state index in [0.29, 0.717) is 0 Å². The Kier molecular flexibility index (Phi) is 5.31. The van der Waals surface area contributed by atoms with Crippen LogP contribution in [-0.4, -0.2) is 21.0 Å². The van der Waals surface area contributed by atoms with Gasteiger partial charge in [-0.1, -0.05) is 17.3 Å². The number of nitrogens with zero attached hydrogens (tertiary/aromatic N) is 3. The largest absolute Gasteiger partial charge is 0.452 e. The third-order valence-electron chi connectivity index (χ3n) is 3.87. The number of esters is 1. The first-order valence-corrected chi connectivity index (χ1v) is 8.07. The summed E-state index contributed by atoms with van der Waals surface area (Å²) < 4.78 is 48.3. The van der Waals surface area contributed by atoms with Crippen molar-refractivity contribution in [3.63, 3.8) is 0 Å². The number of carbonyl (C=O) groups excluding carboxylic acids is 1. The molecule has 0 saturated heterocycles. The summed E-state index contributed by atoms with van der Waals surface area (Å²) in [4.78, 5) is 26.2. The summed E-state index contributed by atoms with van der Waals surface area (Å²) in [5.74, 6) is -0.987. The van der Waals surface area contributed by atoms with E-state index >= 15 is 0 Å². The van der Waals surface area contributed by atoms with Crippen molar-refractivity contribution in [3.8, 4) is 11.4 Å². The normalized spacial score (nSPS) is 11.3. The van der Waals surface area contributed by atoms with Crippen LogP contribution in [0.15, 0.2) is 47.0 Å². The number of nitro benzene ring substituents is 1. The second kappa shape index (κ2) is 7.70. The van der Waals surface area contributed by atoms with Gasteiger partial charge in [-0.15, -0.1) is 0 Å². The number of hydrogen-bond acceptors (Lipinski definition) is 7. The van der Waals surface area contributed by atoms with Gasteiger partial charge in [0.05, 0.1) is 16.1 Å². The van der Waals surface area contributed by atoms with Crippen LogP contribution >= 0.6 is 0 Å². The minimum absolute atomic E-state index is 0.0886. The zero-order valence-corrected chi connectivity index (χ0v) is 14.8. The summed E-state index contributed by atoms with van der Waals surface area (Å²) in [6, 6.07) is 8.13. The van der Waals surface area contributed by atoms with Gasteiger partial charge >= 0.3 is 12.1 Å². The molecule has 0 aliphatic heterocycles. The van der Waals surface area contributed by atoms with Gasteiger partial charge in [0, 0.05) is 17.2 Å². The lowest BCUT2D eigenvalue weighted by Crippen LogP contribution is -2.06. The van der Waals surface area contributed by atoms with Gasteiger partial charge in [-0.2, -0.15) is 18.2 Å². The molecule has 1 heterocycles. The maximum atomic E-state index is 12.8. The highest BCUT2D eigenvalue weighted by molar-refractivity contribution is 5.90. The molecule has 0 saturated carbocycles. The highest BCUT2D eigenvalue weighted by Gasteiger charge is 2.30. The summed E-state index contributed by atoms with van der Waals surface area (Å²) in [5.41, 5.74) is -0.530. The Labute approximate surface area is 161 Å². The second-order valence-corrected chi connectivity index (χ2v) is 5.92. The monoisotopic (exact) mass is 407 g/mol. The van der Waals surface area contributed by atoms with E-state index in [1.54, 1.807) is 0 Å². The van der Waals surface area contributed by atoms with Crippen LogP contribution < -0.4 is 0 Å². The van der Waals surface area contributed by atoms with Crippen molar-refractivity contribution in [2.45, 2.75) is 19.7 Å². The third kappa shape index (κ3) is 4.57. The van der Waals surface area contributed by atoms with Gasteiger partial charge in [0.1, 0.15) is 0 Å². The number of ether oxygens (including phenoxy) is 1. The number of aromatic nitrogens is 2. The van der Waals surface area contributed by atoms with E-state index in [1.807, 2.05) is 0 Å². The predicted molar refractivity (Wildman–Crippen MR) is 91.7 cm³/mol. The lowest BCUT2D eigenvalue weighted by molar-refractivity contribution is -0.385. The lowest BCUT2D eigenvalue weighted by atomic mass is 10.1. The molecule has 150 valence electrons. The maximum Gasteiger partial charge on any atom is 0.416 e. The standard InChI is InChI=1S/C18H12F3N3O5/c1-10-7-12(5-6-14(10)24(26)27)17(25)28-9-15-22-16(23-29-15)11-3-2-4-13(8-11)18(19,20)21/h2-8H,9H2,1H3. The van der Waals surface area contributed by atoms with E-state index in [1.165, 1.54) is 37.3 Å². The molecule has 0 unspecified atom stereocenters. The molecule has 0 bridgehead atoms. The van der Waals surface area contributed by atoms with E-state index < -0.39 is 29.2 Å². The van der Waals surface area contributed by atoms with Crippen molar-refractivity contribution in [2.24, 2.45) is 0 Å². The topological polar surface area (TPSA) is 108 Å². The van der Waals surface area contributed by atoms with E-state index in [4.69, 9.17) is 9.26 Å². The van der Waals surface area contributed by atoms with E-state index in [2.05, 4.69) is 10.1 Å². The van der Waals surface area contributed by atoms with E-state index in [-0.39, 0.29) is 34.1 Å². The molecule has 0 aliphatic rings. The smallest absolute Gasteiger partial charge is 0.416 e. The Balaban J connectivity index is 1.69. The molecule has 2 aromatic carbocycles. The number of carbonyl (C=O) groups is 1. The molecule has 8 nitrogen and oxygen atoms in total. The number of nitro groups is 1. The Morgan fingerprint density at radius 2 is 2.00 bits per heavy atom. The van der Waals surface area contributed by atoms with Crippen LogP contribution in [-0.2, 0) is 17.5 Å². The van der Waals surface area contributed by atoms with Crippen molar-refractivity contribution in [2.75, 3.05) is 0 Å². The van der Waals surface area contributed by atoms with Crippen molar-refractivity contribution in [3.05, 3.63) is 75.2 Å². The van der Waals surface area contributed by atoms with Crippen LogP contribution in [0.25, 0.3) is 11.4 Å². The van der Waals surface area contributed by atoms with Gasteiger partial charge in [0.15, 0.2) is 6.61 Å². The summed E-state index contributed by atoms with van der Waals surface area (Å²) in [6.45, 7) is 1.06. The highest BCUT2D eigenvalue weighted by atomic mass is 19.4. The number of halogens is 3. The van der Waals surface area contributed by atoms with Crippen molar-refractivity contribution in [1.29, 1.82) is 0 Å². The summed E-state index contributed by atoms with van der Waals surface area (Å²) >= 11 is 0. The Morgan fingerprint density at radius 1 is 1.24 bits per heavy atom. The van der Waals surface area contributed by atoms with Crippen LogP contribution in [0, 0.1) is 17.0 Å². The number of benzene rings is 2. The van der Waals surface area contributed by atoms with Gasteiger partial charge in [-0.05, 0) is 31.2 Å². The van der Waals surface area contributed by atoms with Crippen molar-refractivity contribution >= 4 is 11.7 Å². The van der Waals surface area contributed by atoms with Crippen molar-refractivity contribution < 1.29 is 32.1 Å². The fourth-order valence-corrected chi connectivity index (χ4v) is 2.46. The zero-order chi connectivity index (χ0) is 21.2. The molecule has 0 spiro atoms. The first-order chi connectivity index (χ1) is 13.6. The maximum absolute atomic E-state index is 12.8. The van der Waals surface area contributed by atoms with Crippen LogP contribution in [0.4, 0.5) is 18.9 Å². The minimum atomic E-state index is -4.51. The molecule has 0 radical (unpaired) electrons. The fourth-order valence-electron chi connectivity index (χ4n) is 2.46. The molecular formula is C18H12F3N3O5. The van der Waals surface area contributed by atoms with Gasteiger partial charge in [-0.3, -0.25) is 10.1 Å². The first kappa shape index (κ1) is 20.0. The van der Waals surface area contributed by atoms with Gasteiger partial charge in [0.2, 0.25) is 5.82 Å². The lowest BCUT2D eigenvalue weighted by Gasteiger charge is -2.06. The van der Waals surface area contributed by atoms with Crippen molar-refractivity contribution in [1.82, 2.24) is 10.1 Å². The van der Waals surface area contributed by atoms with E-state index in [9.17, 15) is 28.1 Å². The van der Waals surface area contributed by atoms with Crippen LogP contribution in [0.3, 0.4) is 0 Å². The van der Waals surface area contributed by atoms with E-state index in [0.717, 1.165) is 12.1 Å². The molecule has 29 heavy (non-hydrogen) atoms. The number of alkyl halides is 3. The summed E-state index contributed by atoms with van der Waals surface area (Å²) in [6.07, 6.45) is -4.51. The Morgan fingerprint density at radius 3 is 2.66 bits per heavy atom. The average Bonchev–Trinajstić information content (AvgIpc) is 3.14. The van der Waals surface area contributed by atoms with Gasteiger partial charge < -0.3 is 9.26 Å². The Bertz CT molecular complexity index is 1080. The SMILES string of the molecule is Cc1cc(C(=O)OCc2nc(-c3cccc(C(F)(F)F)c3)no2)ccc1[N+](=O)[O-]. The number of hydrogen-bond donors (Lipinski definition) is 0. The summed E-state index contributed by atoms with van der Waals surface area (Å²) in [7, 11) is 0. The number of aryl methyl sites for hydroxylation is 1. The predicted octanol–water partition coefficient (Wildman–Crippen LogP) is 4.33. The van der Waals surface area contributed by atoms with Gasteiger partial charge in [0.25, 0.3) is 11.6 Å². The highest BCUT2D eigenvalue weighted by Crippen LogP contribution is 2.31. The van der Waals surface area contributed by atoms with Crippen LogP contribution in [0.5, 0.6) is 0 Å². The van der Waals surface area contributed by atoms with Crippen LogP contribution in [0.2, 0.25) is 0 Å². The molecule has 0 aliphatic carbocycles. The zero-order valence-electron chi connectivity index (χ0n) is 14.8. The second-order valence-electron chi connectivity index (χ2n) is 5.92. The molecule has 3 rings (SSSR count). The summed E-state index contributed by atoms with van der Waals surface area (Å²) in [5, 5.41) is 14.4. The molecule has 1 aromatic heterocycles. The molecule has 0 N–H and O–H groups in total. The average molecular weight is 407 g/mol. The quantitative estimate of drug-likeness (QED) is 0.352. The Hall–Kier alpha value is -3.76. The minimum Gasteiger partial charge on any atom is -0.452 e. The molecule has 11 heteroatoms. The van der Waals surface area contributed by atoms with Crippen LogP contribution in [0.1, 0.15) is 27.4 Å². The van der Waals surface area contributed by atoms with Gasteiger partial charge in [-0.25, -0.2) is 4.79 Å². The first-order valence-electron chi connectivity index (χ1n) is 8.07. The molecule has 3 aromatic rings. The molecular weight excluding hydrogens is 395 g/mol. The third-order valence-corrected chi connectivity index (χ3v) is 3.87. The molecule has 0 atom stereocenters.